The van der Waals surface area contributed by atoms with Gasteiger partial charge in [0.15, 0.2) is 0 Å². The van der Waals surface area contributed by atoms with E-state index >= 15 is 0 Å². The average Bonchev–Trinajstić information content (AvgIpc) is 3.39. The van der Waals surface area contributed by atoms with Crippen LogP contribution in [0.1, 0.15) is 60.4 Å². The van der Waals surface area contributed by atoms with Gasteiger partial charge in [0.05, 0.1) is 18.7 Å². The minimum absolute atomic E-state index is 0.0576. The molecule has 4 aromatic rings. The molecule has 12 heteroatoms. The number of nitrogens with one attached hydrogen (secondary N) is 1. The zero-order valence-corrected chi connectivity index (χ0v) is 25.8. The highest BCUT2D eigenvalue weighted by Crippen LogP contribution is 2.36. The number of aromatic nitrogens is 4. The number of ether oxygens (including phenoxy) is 1. The van der Waals surface area contributed by atoms with Gasteiger partial charge in [-0.15, -0.1) is 5.10 Å². The molecule has 0 fully saturated rings. The number of hydrogen-bond donors (Lipinski definition) is 2. The van der Waals surface area contributed by atoms with E-state index in [-0.39, 0.29) is 61.4 Å². The lowest BCUT2D eigenvalue weighted by Crippen LogP contribution is -2.36. The van der Waals surface area contributed by atoms with Crippen molar-refractivity contribution in [1.29, 1.82) is 0 Å². The van der Waals surface area contributed by atoms with Gasteiger partial charge < -0.3 is 15.2 Å². The molecule has 2 N–H and O–H groups in total. The van der Waals surface area contributed by atoms with Crippen LogP contribution in [0, 0.1) is 13.8 Å². The quantitative estimate of drug-likeness (QED) is 0.280. The summed E-state index contributed by atoms with van der Waals surface area (Å²) in [6, 6.07) is 13.1. The van der Waals surface area contributed by atoms with E-state index in [9.17, 15) is 18.3 Å². The molecule has 1 aliphatic rings. The van der Waals surface area contributed by atoms with E-state index in [1.165, 1.54) is 16.6 Å². The number of rotatable bonds is 10. The van der Waals surface area contributed by atoms with Crippen LogP contribution < -0.4 is 10.1 Å². The van der Waals surface area contributed by atoms with Crippen molar-refractivity contribution >= 4 is 27.0 Å². The van der Waals surface area contributed by atoms with Gasteiger partial charge in [-0.1, -0.05) is 36.4 Å². The molecule has 0 saturated heterocycles. The summed E-state index contributed by atoms with van der Waals surface area (Å²) in [7, 11) is -3.88. The number of aryl methyl sites for hydroxylation is 3. The Kier molecular flexibility index (Phi) is 9.09. The molecule has 0 radical (unpaired) electrons. The number of aliphatic hydroxyl groups is 1. The van der Waals surface area contributed by atoms with Crippen molar-refractivity contribution in [3.8, 4) is 5.88 Å². The highest BCUT2D eigenvalue weighted by Gasteiger charge is 2.35. The van der Waals surface area contributed by atoms with E-state index in [4.69, 9.17) is 4.74 Å². The maximum atomic E-state index is 13.8. The van der Waals surface area contributed by atoms with Gasteiger partial charge in [-0.25, -0.2) is 18.1 Å². The molecule has 11 nitrogen and oxygen atoms in total. The fraction of sp³-hybridized carbons (Fsp3) is 0.419. The van der Waals surface area contributed by atoms with Crippen LogP contribution in [0.15, 0.2) is 53.6 Å². The molecule has 0 bridgehead atoms. The van der Waals surface area contributed by atoms with Crippen molar-refractivity contribution in [2.75, 3.05) is 19.7 Å². The molecule has 1 unspecified atom stereocenters. The molecule has 3 heterocycles. The number of sulfonamides is 1. The van der Waals surface area contributed by atoms with E-state index in [2.05, 4.69) is 20.6 Å². The van der Waals surface area contributed by atoms with Crippen molar-refractivity contribution in [3.63, 3.8) is 0 Å². The number of benzene rings is 2. The molecular formula is C31H38N6O5S. The zero-order valence-electron chi connectivity index (χ0n) is 24.9. The number of fused-ring (bicyclic) bond motifs is 2. The van der Waals surface area contributed by atoms with Crippen molar-refractivity contribution in [2.45, 2.75) is 70.5 Å². The summed E-state index contributed by atoms with van der Waals surface area (Å²) in [5.41, 5.74) is 6.21. The van der Waals surface area contributed by atoms with Crippen molar-refractivity contribution in [3.05, 3.63) is 76.5 Å². The average molecular weight is 607 g/mol. The molecule has 2 aromatic carbocycles. The Morgan fingerprint density at radius 3 is 2.74 bits per heavy atom. The lowest BCUT2D eigenvalue weighted by molar-refractivity contribution is -0.121. The highest BCUT2D eigenvalue weighted by molar-refractivity contribution is 7.89. The molecule has 2 aromatic heterocycles. The van der Waals surface area contributed by atoms with Gasteiger partial charge >= 0.3 is 0 Å². The van der Waals surface area contributed by atoms with Crippen LogP contribution >= 0.6 is 0 Å². The van der Waals surface area contributed by atoms with Crippen LogP contribution in [-0.2, 0) is 27.9 Å². The fourth-order valence-electron chi connectivity index (χ4n) is 5.61. The molecule has 1 amide bonds. The van der Waals surface area contributed by atoms with Crippen LogP contribution in [-0.4, -0.2) is 69.5 Å². The Balaban J connectivity index is 1.56. The van der Waals surface area contributed by atoms with Gasteiger partial charge in [0, 0.05) is 38.2 Å². The Morgan fingerprint density at radius 1 is 1.19 bits per heavy atom. The molecule has 228 valence electrons. The molecule has 1 aliphatic heterocycles. The topological polar surface area (TPSA) is 140 Å². The lowest BCUT2D eigenvalue weighted by atomic mass is 9.84. The SMILES string of the molecule is CC[C@@H]1CN(Cc2cc(C(CC(=O)NCCO)c3ccc4c(nnn4CC)c3C)ccc2C)S(=O)(=O)c2cccnc2O1. The number of nitrogens with zero attached hydrogens (tertiary/aromatic N) is 5. The van der Waals surface area contributed by atoms with E-state index in [0.717, 1.165) is 38.9 Å². The molecule has 0 saturated carbocycles. The second kappa shape index (κ2) is 12.8. The van der Waals surface area contributed by atoms with Crippen LogP contribution in [0.4, 0.5) is 0 Å². The number of hydrogen-bond acceptors (Lipinski definition) is 8. The van der Waals surface area contributed by atoms with Crippen LogP contribution in [0.2, 0.25) is 0 Å². The number of carbonyl (C=O) groups is 1. The molecule has 0 aliphatic carbocycles. The predicted molar refractivity (Wildman–Crippen MR) is 162 cm³/mol. The van der Waals surface area contributed by atoms with Crippen LogP contribution in [0.5, 0.6) is 5.88 Å². The normalized spacial score (nSPS) is 17.2. The summed E-state index contributed by atoms with van der Waals surface area (Å²) in [4.78, 5) is 17.3. The summed E-state index contributed by atoms with van der Waals surface area (Å²) < 4.78 is 36.9. The molecule has 2 atom stereocenters. The van der Waals surface area contributed by atoms with Crippen LogP contribution in [0.3, 0.4) is 0 Å². The maximum absolute atomic E-state index is 13.8. The molecular weight excluding hydrogens is 568 g/mol. The first-order valence-electron chi connectivity index (χ1n) is 14.6. The largest absolute Gasteiger partial charge is 0.472 e. The monoisotopic (exact) mass is 606 g/mol. The fourth-order valence-corrected chi connectivity index (χ4v) is 7.13. The van der Waals surface area contributed by atoms with Crippen molar-refractivity contribution < 1.29 is 23.1 Å². The summed E-state index contributed by atoms with van der Waals surface area (Å²) >= 11 is 0. The van der Waals surface area contributed by atoms with Gasteiger partial charge in [0.25, 0.3) is 0 Å². The number of amides is 1. The zero-order chi connectivity index (χ0) is 30.7. The first kappa shape index (κ1) is 30.6. The second-order valence-electron chi connectivity index (χ2n) is 10.8. The third kappa shape index (κ3) is 6.13. The van der Waals surface area contributed by atoms with Crippen molar-refractivity contribution in [2.24, 2.45) is 0 Å². The highest BCUT2D eigenvalue weighted by atomic mass is 32.2. The summed E-state index contributed by atoms with van der Waals surface area (Å²) in [6.45, 7) is 8.94. The molecule has 0 spiro atoms. The smallest absolute Gasteiger partial charge is 0.248 e. The van der Waals surface area contributed by atoms with E-state index in [1.807, 2.05) is 62.7 Å². The maximum Gasteiger partial charge on any atom is 0.248 e. The van der Waals surface area contributed by atoms with Gasteiger partial charge in [0.2, 0.25) is 21.8 Å². The summed E-state index contributed by atoms with van der Waals surface area (Å²) in [5.74, 6) is -0.409. The Hall–Kier alpha value is -3.87. The second-order valence-corrected chi connectivity index (χ2v) is 12.7. The first-order valence-corrected chi connectivity index (χ1v) is 16.0. The third-order valence-corrected chi connectivity index (χ3v) is 9.92. The number of pyridine rings is 1. The van der Waals surface area contributed by atoms with E-state index in [0.29, 0.717) is 13.0 Å². The van der Waals surface area contributed by atoms with Gasteiger partial charge in [-0.3, -0.25) is 4.79 Å². The molecule has 5 rings (SSSR count). The summed E-state index contributed by atoms with van der Waals surface area (Å²) in [6.07, 6.45) is 1.95. The Labute approximate surface area is 251 Å². The van der Waals surface area contributed by atoms with Gasteiger partial charge in [-0.05, 0) is 73.2 Å². The standard InChI is InChI=1S/C31H38N6O5S/c1-5-24-19-36(43(40,41)28-8-7-13-33-31(28)42-24)18-23-16-22(10-9-20(23)3)26(17-29(39)32-14-15-38)25-11-12-27-30(21(25)4)34-35-37(27)6-2/h7-13,16,24,26,38H,5-6,14-15,17-19H2,1-4H3,(H,32,39)/t24-,26?/m1/s1. The molecule has 43 heavy (non-hydrogen) atoms. The lowest BCUT2D eigenvalue weighted by Gasteiger charge is -2.25. The van der Waals surface area contributed by atoms with Gasteiger partial charge in [0.1, 0.15) is 16.5 Å². The van der Waals surface area contributed by atoms with Gasteiger partial charge in [-0.2, -0.15) is 4.31 Å². The van der Waals surface area contributed by atoms with E-state index < -0.39 is 10.0 Å². The third-order valence-electron chi connectivity index (χ3n) is 8.10. The Morgan fingerprint density at radius 2 is 2.00 bits per heavy atom. The minimum atomic E-state index is -3.88. The predicted octanol–water partition coefficient (Wildman–Crippen LogP) is 3.46. The minimum Gasteiger partial charge on any atom is -0.472 e. The van der Waals surface area contributed by atoms with Crippen molar-refractivity contribution in [1.82, 2.24) is 29.6 Å². The number of carbonyl (C=O) groups excluding carboxylic acids is 1. The first-order chi connectivity index (χ1) is 20.7. The number of aliphatic hydroxyl groups excluding tert-OH is 1. The Bertz CT molecular complexity index is 1740. The van der Waals surface area contributed by atoms with Crippen LogP contribution in [0.25, 0.3) is 11.0 Å². The van der Waals surface area contributed by atoms with E-state index in [1.54, 1.807) is 6.07 Å². The summed E-state index contributed by atoms with van der Waals surface area (Å²) in [5, 5.41) is 20.7.